The summed E-state index contributed by atoms with van der Waals surface area (Å²) in [6, 6.07) is 8.04. The number of benzene rings is 1. The number of rotatable bonds is 10. The molecule has 0 bridgehead atoms. The number of hydrogen-bond acceptors (Lipinski definition) is 7. The fourth-order valence-electron chi connectivity index (χ4n) is 3.74. The van der Waals surface area contributed by atoms with Crippen molar-refractivity contribution in [3.63, 3.8) is 0 Å². The lowest BCUT2D eigenvalue weighted by Gasteiger charge is -2.28. The number of nitrogens with one attached hydrogen (secondary N) is 1. The third-order valence-electron chi connectivity index (χ3n) is 5.70. The minimum absolute atomic E-state index is 0.0914. The second-order valence-corrected chi connectivity index (χ2v) is 12.3. The second kappa shape index (κ2) is 13.5. The zero-order chi connectivity index (χ0) is 27.7. The Labute approximate surface area is 214 Å². The predicted octanol–water partition coefficient (Wildman–Crippen LogP) is 0.558. The maximum absolute atomic E-state index is 13.1. The van der Waals surface area contributed by atoms with Gasteiger partial charge in [-0.1, -0.05) is 18.2 Å². The van der Waals surface area contributed by atoms with Crippen molar-refractivity contribution in [1.82, 2.24) is 18.8 Å². The number of carbonyl (C=O) groups excluding carboxylic acids is 1. The van der Waals surface area contributed by atoms with Crippen LogP contribution in [0.1, 0.15) is 19.3 Å². The van der Waals surface area contributed by atoms with E-state index in [1.54, 1.807) is 23.1 Å². The van der Waals surface area contributed by atoms with E-state index in [9.17, 15) is 34.8 Å². The van der Waals surface area contributed by atoms with Crippen molar-refractivity contribution in [2.75, 3.05) is 58.1 Å². The van der Waals surface area contributed by atoms with Crippen LogP contribution >= 0.6 is 0 Å². The third kappa shape index (κ3) is 9.52. The van der Waals surface area contributed by atoms with Gasteiger partial charge < -0.3 is 15.3 Å². The number of halogens is 3. The van der Waals surface area contributed by atoms with Gasteiger partial charge in [0.1, 0.15) is 0 Å². The Morgan fingerprint density at radius 1 is 1.03 bits per heavy atom. The summed E-state index contributed by atoms with van der Waals surface area (Å²) in [6.45, 7) is 3.20. The van der Waals surface area contributed by atoms with Crippen LogP contribution < -0.4 is 5.32 Å². The Hall–Kier alpha value is -2.27. The molecule has 3 rings (SSSR count). The molecule has 0 spiro atoms. The molecular formula is C21H31F3N4O7S2. The molecule has 210 valence electrons. The predicted molar refractivity (Wildman–Crippen MR) is 128 cm³/mol. The summed E-state index contributed by atoms with van der Waals surface area (Å²) in [7, 11) is -7.38. The summed E-state index contributed by atoms with van der Waals surface area (Å²) in [4.78, 5) is 22.6. The van der Waals surface area contributed by atoms with Crippen LogP contribution in [0.4, 0.5) is 13.2 Å². The number of amides is 1. The topological polar surface area (TPSA) is 144 Å². The van der Waals surface area contributed by atoms with Gasteiger partial charge in [0.15, 0.2) is 0 Å². The first-order valence-corrected chi connectivity index (χ1v) is 14.6. The van der Waals surface area contributed by atoms with Crippen molar-refractivity contribution in [3.05, 3.63) is 30.3 Å². The number of hydrogen-bond donors (Lipinski definition) is 2. The van der Waals surface area contributed by atoms with E-state index >= 15 is 0 Å². The van der Waals surface area contributed by atoms with E-state index in [1.807, 2.05) is 0 Å². The van der Waals surface area contributed by atoms with E-state index in [0.717, 1.165) is 6.42 Å². The molecule has 1 aromatic rings. The summed E-state index contributed by atoms with van der Waals surface area (Å²) < 4.78 is 86.1. The summed E-state index contributed by atoms with van der Waals surface area (Å²) in [5.74, 6) is -2.93. The first kappa shape index (κ1) is 31.0. The van der Waals surface area contributed by atoms with Gasteiger partial charge in [-0.3, -0.25) is 4.79 Å². The SMILES string of the molecule is O=C(O)C(F)(F)F.O=C1CCCN1CCCN(CCS(=O)(=O)N1CCNCC1)S(=O)(=O)c1ccccc1. The highest BCUT2D eigenvalue weighted by Crippen LogP contribution is 2.18. The van der Waals surface area contributed by atoms with Crippen molar-refractivity contribution in [2.24, 2.45) is 0 Å². The average Bonchev–Trinajstić information content (AvgIpc) is 3.26. The molecule has 2 aliphatic rings. The molecule has 1 aromatic carbocycles. The van der Waals surface area contributed by atoms with Crippen molar-refractivity contribution < 1.29 is 44.7 Å². The van der Waals surface area contributed by atoms with Crippen molar-refractivity contribution in [1.29, 1.82) is 0 Å². The van der Waals surface area contributed by atoms with E-state index in [4.69, 9.17) is 9.90 Å². The summed E-state index contributed by atoms with van der Waals surface area (Å²) in [5.41, 5.74) is 0. The first-order chi connectivity index (χ1) is 17.2. The minimum atomic E-state index is -5.08. The number of sulfonamides is 2. The molecule has 0 atom stereocenters. The number of likely N-dealkylation sites (tertiary alicyclic amines) is 1. The van der Waals surface area contributed by atoms with Gasteiger partial charge in [-0.2, -0.15) is 21.8 Å². The number of alkyl halides is 3. The van der Waals surface area contributed by atoms with Crippen molar-refractivity contribution in [3.8, 4) is 0 Å². The zero-order valence-corrected chi connectivity index (χ0v) is 21.7. The van der Waals surface area contributed by atoms with Gasteiger partial charge in [-0.15, -0.1) is 0 Å². The van der Waals surface area contributed by atoms with Crippen molar-refractivity contribution >= 4 is 31.9 Å². The molecule has 16 heteroatoms. The lowest BCUT2D eigenvalue weighted by molar-refractivity contribution is -0.192. The Morgan fingerprint density at radius 2 is 1.62 bits per heavy atom. The van der Waals surface area contributed by atoms with E-state index in [0.29, 0.717) is 52.1 Å². The molecule has 0 saturated carbocycles. The molecule has 0 unspecified atom stereocenters. The smallest absolute Gasteiger partial charge is 0.475 e. The highest BCUT2D eigenvalue weighted by molar-refractivity contribution is 7.90. The number of carbonyl (C=O) groups is 2. The van der Waals surface area contributed by atoms with E-state index in [-0.39, 0.29) is 29.6 Å². The molecule has 2 aliphatic heterocycles. The van der Waals surface area contributed by atoms with Crippen LogP contribution in [0, 0.1) is 0 Å². The molecule has 2 saturated heterocycles. The highest BCUT2D eigenvalue weighted by Gasteiger charge is 2.38. The lowest BCUT2D eigenvalue weighted by atomic mass is 10.4. The zero-order valence-electron chi connectivity index (χ0n) is 20.1. The average molecular weight is 573 g/mol. The maximum Gasteiger partial charge on any atom is 0.490 e. The lowest BCUT2D eigenvalue weighted by Crippen LogP contribution is -2.48. The standard InChI is InChI=1S/C19H30N4O5S2.C2HF3O2/c24-19-8-4-11-21(19)12-5-13-23(30(27,28)18-6-2-1-3-7-18)16-17-29(25,26)22-14-9-20-10-15-22;3-2(4,5)1(6)7/h1-3,6-7,20H,4-5,8-17H2;(H,6,7). The fraction of sp³-hybridized carbons (Fsp3) is 0.619. The number of carboxylic acid groups (broad SMARTS) is 1. The minimum Gasteiger partial charge on any atom is -0.475 e. The van der Waals surface area contributed by atoms with Gasteiger partial charge in [-0.05, 0) is 25.0 Å². The monoisotopic (exact) mass is 572 g/mol. The second-order valence-electron chi connectivity index (χ2n) is 8.32. The Morgan fingerprint density at radius 3 is 2.14 bits per heavy atom. The quantitative estimate of drug-likeness (QED) is 0.414. The van der Waals surface area contributed by atoms with E-state index in [1.165, 1.54) is 20.7 Å². The molecule has 2 fully saturated rings. The molecular weight excluding hydrogens is 541 g/mol. The van der Waals surface area contributed by atoms with Crippen LogP contribution in [0.3, 0.4) is 0 Å². The van der Waals surface area contributed by atoms with Crippen LogP contribution in [0.5, 0.6) is 0 Å². The molecule has 0 aromatic heterocycles. The fourth-order valence-corrected chi connectivity index (χ4v) is 6.80. The van der Waals surface area contributed by atoms with E-state index < -0.39 is 32.2 Å². The third-order valence-corrected chi connectivity index (χ3v) is 9.46. The first-order valence-electron chi connectivity index (χ1n) is 11.6. The molecule has 2 heterocycles. The van der Waals surface area contributed by atoms with Gasteiger partial charge in [0.05, 0.1) is 10.6 Å². The molecule has 11 nitrogen and oxygen atoms in total. The van der Waals surface area contributed by atoms with Gasteiger partial charge >= 0.3 is 12.1 Å². The number of carboxylic acids is 1. The number of nitrogens with zero attached hydrogens (tertiary/aromatic N) is 3. The van der Waals surface area contributed by atoms with Gasteiger partial charge in [-0.25, -0.2) is 21.6 Å². The highest BCUT2D eigenvalue weighted by atomic mass is 32.2. The van der Waals surface area contributed by atoms with Crippen LogP contribution in [-0.4, -0.2) is 112 Å². The maximum atomic E-state index is 13.1. The Bertz CT molecular complexity index is 1110. The van der Waals surface area contributed by atoms with Crippen LogP contribution in [0.25, 0.3) is 0 Å². The van der Waals surface area contributed by atoms with Crippen LogP contribution in [0.2, 0.25) is 0 Å². The largest absolute Gasteiger partial charge is 0.490 e. The normalized spacial score (nSPS) is 17.5. The molecule has 2 N–H and O–H groups in total. The summed E-state index contributed by atoms with van der Waals surface area (Å²) in [6.07, 6.45) is -3.26. The molecule has 0 radical (unpaired) electrons. The molecule has 0 aliphatic carbocycles. The van der Waals surface area contributed by atoms with Crippen molar-refractivity contribution in [2.45, 2.75) is 30.3 Å². The Kier molecular flexibility index (Phi) is 11.3. The molecule has 1 amide bonds. The summed E-state index contributed by atoms with van der Waals surface area (Å²) >= 11 is 0. The van der Waals surface area contributed by atoms with E-state index in [2.05, 4.69) is 5.32 Å². The van der Waals surface area contributed by atoms with Crippen LogP contribution in [0.15, 0.2) is 35.2 Å². The van der Waals surface area contributed by atoms with Gasteiger partial charge in [0.2, 0.25) is 26.0 Å². The van der Waals surface area contributed by atoms with Crippen LogP contribution in [-0.2, 0) is 29.6 Å². The summed E-state index contributed by atoms with van der Waals surface area (Å²) in [5, 5.41) is 10.2. The number of aliphatic carboxylic acids is 1. The Balaban J connectivity index is 0.000000604. The van der Waals surface area contributed by atoms with Gasteiger partial charge in [0, 0.05) is 58.8 Å². The number of piperazine rings is 1. The van der Waals surface area contributed by atoms with Gasteiger partial charge in [0.25, 0.3) is 0 Å². The molecule has 37 heavy (non-hydrogen) atoms.